The minimum Gasteiger partial charge on any atom is -0.453 e. The van der Waals surface area contributed by atoms with Crippen LogP contribution >= 0.6 is 0 Å². The van der Waals surface area contributed by atoms with Crippen LogP contribution in [0.2, 0.25) is 0 Å². The SMILES string of the molecule is COC(=O)NC(C(=O)N1CCCC1c1nc2c(ccc3cc(-c4ccc(-c5cnc(C6CCCN6C)[nH]5)c5c4CCCC5)ccc32)[nH]1)C(C)C. The summed E-state index contributed by atoms with van der Waals surface area (Å²) in [4.78, 5) is 47.2. The molecule has 2 aliphatic heterocycles. The summed E-state index contributed by atoms with van der Waals surface area (Å²) in [5.74, 6) is 1.68. The van der Waals surface area contributed by atoms with Crippen molar-refractivity contribution in [3.8, 4) is 22.4 Å². The van der Waals surface area contributed by atoms with Gasteiger partial charge < -0.3 is 24.9 Å². The number of carbonyl (C=O) groups is 2. The number of likely N-dealkylation sites (tertiary alicyclic amines) is 2. The number of ether oxygens (including phenoxy) is 1. The number of amides is 2. The van der Waals surface area contributed by atoms with Gasteiger partial charge in [-0.05, 0) is 111 Å². The molecule has 260 valence electrons. The number of imidazole rings is 2. The molecule has 0 saturated carbocycles. The Morgan fingerprint density at radius 3 is 2.42 bits per heavy atom. The number of carbonyl (C=O) groups excluding carboxylic acids is 2. The maximum absolute atomic E-state index is 13.7. The Morgan fingerprint density at radius 1 is 0.900 bits per heavy atom. The first kappa shape index (κ1) is 32.5. The van der Waals surface area contributed by atoms with E-state index in [0.717, 1.165) is 77.8 Å². The van der Waals surface area contributed by atoms with E-state index in [9.17, 15) is 9.59 Å². The van der Waals surface area contributed by atoms with E-state index in [-0.39, 0.29) is 17.9 Å². The molecule has 2 aromatic heterocycles. The highest BCUT2D eigenvalue weighted by Gasteiger charge is 2.37. The number of hydrogen-bond donors (Lipinski definition) is 3. The van der Waals surface area contributed by atoms with Gasteiger partial charge in [0.2, 0.25) is 5.91 Å². The third-order valence-electron chi connectivity index (χ3n) is 11.3. The molecular weight excluding hydrogens is 626 g/mol. The molecular formula is C40H47N7O3. The number of aromatic amines is 2. The molecule has 3 aromatic carbocycles. The fourth-order valence-electron chi connectivity index (χ4n) is 8.63. The second-order valence-electron chi connectivity index (χ2n) is 14.7. The predicted octanol–water partition coefficient (Wildman–Crippen LogP) is 7.46. The lowest BCUT2D eigenvalue weighted by atomic mass is 9.82. The number of fused-ring (bicyclic) bond motifs is 4. The largest absolute Gasteiger partial charge is 0.453 e. The van der Waals surface area contributed by atoms with Crippen LogP contribution in [0.15, 0.2) is 48.7 Å². The first-order chi connectivity index (χ1) is 24.3. The first-order valence-corrected chi connectivity index (χ1v) is 18.3. The van der Waals surface area contributed by atoms with Gasteiger partial charge in [-0.2, -0.15) is 0 Å². The van der Waals surface area contributed by atoms with Crippen molar-refractivity contribution in [1.29, 1.82) is 0 Å². The van der Waals surface area contributed by atoms with E-state index in [1.165, 1.54) is 54.2 Å². The van der Waals surface area contributed by atoms with Gasteiger partial charge in [0.05, 0.1) is 42.1 Å². The van der Waals surface area contributed by atoms with Gasteiger partial charge in [0.15, 0.2) is 0 Å². The molecule has 50 heavy (non-hydrogen) atoms. The van der Waals surface area contributed by atoms with Crippen molar-refractivity contribution in [2.75, 3.05) is 27.2 Å². The fraction of sp³-hybridized carbons (Fsp3) is 0.450. The Labute approximate surface area is 293 Å². The number of nitrogens with zero attached hydrogens (tertiary/aromatic N) is 4. The molecule has 2 saturated heterocycles. The zero-order valence-electron chi connectivity index (χ0n) is 29.5. The lowest BCUT2D eigenvalue weighted by Gasteiger charge is -2.29. The molecule has 10 heteroatoms. The molecule has 8 rings (SSSR count). The van der Waals surface area contributed by atoms with Crippen LogP contribution in [0.4, 0.5) is 4.79 Å². The number of methoxy groups -OCH3 is 1. The molecule has 2 amide bonds. The second kappa shape index (κ2) is 13.2. The van der Waals surface area contributed by atoms with E-state index in [1.807, 2.05) is 24.9 Å². The van der Waals surface area contributed by atoms with E-state index in [4.69, 9.17) is 14.7 Å². The van der Waals surface area contributed by atoms with Gasteiger partial charge in [-0.25, -0.2) is 14.8 Å². The number of nitrogens with one attached hydrogen (secondary N) is 3. The van der Waals surface area contributed by atoms with E-state index < -0.39 is 12.1 Å². The Balaban J connectivity index is 1.10. The summed E-state index contributed by atoms with van der Waals surface area (Å²) in [6.07, 6.45) is 10.1. The first-order valence-electron chi connectivity index (χ1n) is 18.3. The van der Waals surface area contributed by atoms with E-state index in [1.54, 1.807) is 0 Å². The zero-order valence-corrected chi connectivity index (χ0v) is 29.5. The lowest BCUT2D eigenvalue weighted by molar-refractivity contribution is -0.135. The number of rotatable bonds is 7. The van der Waals surface area contributed by atoms with Crippen LogP contribution in [-0.4, -0.2) is 75.0 Å². The Kier molecular flexibility index (Phi) is 8.59. The normalized spacial score (nSPS) is 20.1. The molecule has 3 aliphatic rings. The van der Waals surface area contributed by atoms with E-state index in [0.29, 0.717) is 12.6 Å². The van der Waals surface area contributed by atoms with Crippen molar-refractivity contribution >= 4 is 33.8 Å². The molecule has 1 aliphatic carbocycles. The van der Waals surface area contributed by atoms with Crippen LogP contribution in [0.1, 0.15) is 87.2 Å². The monoisotopic (exact) mass is 673 g/mol. The highest BCUT2D eigenvalue weighted by atomic mass is 16.5. The molecule has 4 heterocycles. The summed E-state index contributed by atoms with van der Waals surface area (Å²) in [5.41, 5.74) is 9.72. The summed E-state index contributed by atoms with van der Waals surface area (Å²) in [5, 5.41) is 4.97. The van der Waals surface area contributed by atoms with Gasteiger partial charge in [-0.3, -0.25) is 9.69 Å². The summed E-state index contributed by atoms with van der Waals surface area (Å²) >= 11 is 0. The average Bonchev–Trinajstić information content (AvgIpc) is 3.96. The van der Waals surface area contributed by atoms with Crippen LogP contribution in [0.25, 0.3) is 44.2 Å². The van der Waals surface area contributed by atoms with Crippen LogP contribution in [0.3, 0.4) is 0 Å². The third kappa shape index (κ3) is 5.73. The van der Waals surface area contributed by atoms with Crippen molar-refractivity contribution in [3.63, 3.8) is 0 Å². The van der Waals surface area contributed by atoms with Gasteiger partial charge >= 0.3 is 6.09 Å². The molecule has 0 spiro atoms. The zero-order chi connectivity index (χ0) is 34.5. The van der Waals surface area contributed by atoms with Gasteiger partial charge in [0.1, 0.15) is 17.7 Å². The molecule has 2 fully saturated rings. The summed E-state index contributed by atoms with van der Waals surface area (Å²) in [7, 11) is 3.51. The van der Waals surface area contributed by atoms with Crippen molar-refractivity contribution in [1.82, 2.24) is 35.1 Å². The summed E-state index contributed by atoms with van der Waals surface area (Å²) in [6.45, 7) is 5.61. The van der Waals surface area contributed by atoms with E-state index >= 15 is 0 Å². The molecule has 5 aromatic rings. The Bertz CT molecular complexity index is 2080. The van der Waals surface area contributed by atoms with Crippen LogP contribution < -0.4 is 5.32 Å². The Hall–Kier alpha value is -4.70. The maximum Gasteiger partial charge on any atom is 0.407 e. The number of H-pyrrole nitrogens is 2. The smallest absolute Gasteiger partial charge is 0.407 e. The Morgan fingerprint density at radius 2 is 1.66 bits per heavy atom. The minimum absolute atomic E-state index is 0.0827. The third-order valence-corrected chi connectivity index (χ3v) is 11.3. The van der Waals surface area contributed by atoms with Crippen LogP contribution in [0.5, 0.6) is 0 Å². The topological polar surface area (TPSA) is 119 Å². The van der Waals surface area contributed by atoms with Gasteiger partial charge in [-0.1, -0.05) is 44.2 Å². The lowest BCUT2D eigenvalue weighted by Crippen LogP contribution is -2.51. The molecule has 0 radical (unpaired) electrons. The maximum atomic E-state index is 13.7. The highest BCUT2D eigenvalue weighted by Crippen LogP contribution is 2.40. The average molecular weight is 674 g/mol. The van der Waals surface area contributed by atoms with Crippen molar-refractivity contribution < 1.29 is 14.3 Å². The number of alkyl carbamates (subject to hydrolysis) is 1. The van der Waals surface area contributed by atoms with Crippen molar-refractivity contribution in [2.45, 2.75) is 83.3 Å². The molecule has 3 atom stereocenters. The van der Waals surface area contributed by atoms with Gasteiger partial charge in [0, 0.05) is 17.5 Å². The van der Waals surface area contributed by atoms with Gasteiger partial charge in [-0.15, -0.1) is 0 Å². The molecule has 3 N–H and O–H groups in total. The van der Waals surface area contributed by atoms with E-state index in [2.05, 4.69) is 69.7 Å². The molecule has 3 unspecified atom stereocenters. The minimum atomic E-state index is -0.664. The highest BCUT2D eigenvalue weighted by molar-refractivity contribution is 6.05. The molecule has 10 nitrogen and oxygen atoms in total. The second-order valence-corrected chi connectivity index (χ2v) is 14.7. The quantitative estimate of drug-likeness (QED) is 0.165. The van der Waals surface area contributed by atoms with Gasteiger partial charge in [0.25, 0.3) is 0 Å². The fourth-order valence-corrected chi connectivity index (χ4v) is 8.63. The summed E-state index contributed by atoms with van der Waals surface area (Å²) in [6, 6.07) is 15.1. The predicted molar refractivity (Wildman–Crippen MR) is 196 cm³/mol. The van der Waals surface area contributed by atoms with Crippen molar-refractivity contribution in [2.24, 2.45) is 5.92 Å². The molecule has 0 bridgehead atoms. The summed E-state index contributed by atoms with van der Waals surface area (Å²) < 4.78 is 4.80. The number of benzene rings is 3. The standard InChI is InChI=1S/C40H47N7O3/c1-23(2)35(45-40(49)50-4)39(48)47-20-8-12-34(47)38-42-31-18-14-25-21-24(13-15-27(25)36(31)44-38)26-16-17-30(29-10-6-5-9-28(26)29)32-22-41-37(43-32)33-11-7-19-46(33)3/h13-18,21-23,33-35H,5-12,19-20H2,1-4H3,(H,41,43)(H,42,44)(H,45,49). The van der Waals surface area contributed by atoms with Crippen LogP contribution in [-0.2, 0) is 22.4 Å². The van der Waals surface area contributed by atoms with Crippen LogP contribution in [0, 0.1) is 5.92 Å². The van der Waals surface area contributed by atoms with Crippen molar-refractivity contribution in [3.05, 3.63) is 71.4 Å². The number of hydrogen-bond acceptors (Lipinski definition) is 6. The number of aromatic nitrogens is 4.